The first-order valence-corrected chi connectivity index (χ1v) is 16.8. The molecule has 1 saturated heterocycles. The van der Waals surface area contributed by atoms with Crippen LogP contribution in [0.25, 0.3) is 22.2 Å². The number of alkyl carbamates (subject to hydrolysis) is 1. The van der Waals surface area contributed by atoms with Crippen LogP contribution in [0.5, 0.6) is 11.5 Å². The quantitative estimate of drug-likeness (QED) is 0.169. The van der Waals surface area contributed by atoms with Gasteiger partial charge < -0.3 is 34.9 Å². The van der Waals surface area contributed by atoms with E-state index in [1.54, 1.807) is 38.9 Å². The molecule has 11 nitrogen and oxygen atoms in total. The third kappa shape index (κ3) is 7.80. The van der Waals surface area contributed by atoms with Crippen LogP contribution in [0, 0.1) is 11.8 Å². The van der Waals surface area contributed by atoms with Crippen LogP contribution < -0.4 is 20.1 Å². The predicted octanol–water partition coefficient (Wildman–Crippen LogP) is 5.75. The molecule has 2 heterocycles. The van der Waals surface area contributed by atoms with Crippen molar-refractivity contribution in [3.05, 3.63) is 67.3 Å². The van der Waals surface area contributed by atoms with E-state index in [4.69, 9.17) is 31.4 Å². The number of methoxy groups -OCH3 is 1. The molecule has 12 heteroatoms. The summed E-state index contributed by atoms with van der Waals surface area (Å²) in [6.07, 6.45) is 0.961. The first-order valence-electron chi connectivity index (χ1n) is 16.3. The number of carboxylic acids is 1. The van der Waals surface area contributed by atoms with E-state index in [0.717, 1.165) is 10.9 Å². The number of thiocarbonyl (C=S) groups is 1. The summed E-state index contributed by atoms with van der Waals surface area (Å²) in [5, 5.41) is 16.6. The maximum Gasteiger partial charge on any atom is 0.408 e. The Morgan fingerprint density at radius 2 is 1.86 bits per heavy atom. The van der Waals surface area contributed by atoms with Crippen LogP contribution in [0.15, 0.2) is 67.3 Å². The van der Waals surface area contributed by atoms with Gasteiger partial charge in [-0.1, -0.05) is 62.5 Å². The Hall–Kier alpha value is -4.71. The minimum Gasteiger partial charge on any atom is -0.497 e. The third-order valence-corrected chi connectivity index (χ3v) is 9.20. The van der Waals surface area contributed by atoms with Crippen molar-refractivity contribution in [2.45, 2.75) is 76.8 Å². The molecule has 2 unspecified atom stereocenters. The second kappa shape index (κ2) is 14.0. The van der Waals surface area contributed by atoms with Crippen LogP contribution in [0.4, 0.5) is 4.79 Å². The number of rotatable bonds is 11. The van der Waals surface area contributed by atoms with Crippen LogP contribution in [0.2, 0.25) is 0 Å². The summed E-state index contributed by atoms with van der Waals surface area (Å²) in [5.41, 5.74) is 0.220. The predicted molar refractivity (Wildman–Crippen MR) is 191 cm³/mol. The lowest BCUT2D eigenvalue weighted by molar-refractivity contribution is -0.140. The van der Waals surface area contributed by atoms with E-state index in [0.29, 0.717) is 29.1 Å². The van der Waals surface area contributed by atoms with Gasteiger partial charge >= 0.3 is 12.1 Å². The molecule has 0 bridgehead atoms. The molecule has 1 saturated carbocycles. The van der Waals surface area contributed by atoms with Gasteiger partial charge in [0.25, 0.3) is 0 Å². The zero-order valence-electron chi connectivity index (χ0n) is 28.7. The van der Waals surface area contributed by atoms with Gasteiger partial charge in [-0.15, -0.1) is 6.58 Å². The van der Waals surface area contributed by atoms with E-state index in [9.17, 15) is 19.5 Å². The smallest absolute Gasteiger partial charge is 0.408 e. The number of aliphatic carboxylic acids is 1. The van der Waals surface area contributed by atoms with Crippen LogP contribution in [0.1, 0.15) is 47.5 Å². The molecule has 2 fully saturated rings. The Bertz CT molecular complexity index is 1760. The van der Waals surface area contributed by atoms with Crippen molar-refractivity contribution in [1.29, 1.82) is 0 Å². The van der Waals surface area contributed by atoms with Crippen molar-refractivity contribution >= 4 is 46.1 Å². The Labute approximate surface area is 292 Å². The molecule has 3 aromatic rings. The maximum atomic E-state index is 14.3. The zero-order valence-corrected chi connectivity index (χ0v) is 29.5. The molecule has 5 rings (SSSR count). The molecule has 260 valence electrons. The molecule has 0 spiro atoms. The molecular weight excluding hydrogens is 644 g/mol. The van der Waals surface area contributed by atoms with Crippen molar-refractivity contribution in [3.8, 4) is 22.8 Å². The molecule has 5 atom stereocenters. The molecule has 2 aliphatic rings. The molecular formula is C37H44N4O7S. The number of hydrogen-bond acceptors (Lipinski definition) is 8. The zero-order chi connectivity index (χ0) is 35.7. The van der Waals surface area contributed by atoms with Gasteiger partial charge in [0, 0.05) is 35.4 Å². The summed E-state index contributed by atoms with van der Waals surface area (Å²) in [6.45, 7) is 12.8. The lowest BCUT2D eigenvalue weighted by Crippen LogP contribution is -2.57. The summed E-state index contributed by atoms with van der Waals surface area (Å²) < 4.78 is 17.6. The van der Waals surface area contributed by atoms with Gasteiger partial charge in [-0.3, -0.25) is 4.79 Å². The molecule has 2 amide bonds. The van der Waals surface area contributed by atoms with Crippen molar-refractivity contribution in [2.24, 2.45) is 11.8 Å². The number of fused-ring (bicyclic) bond motifs is 1. The van der Waals surface area contributed by atoms with Crippen molar-refractivity contribution in [3.63, 3.8) is 0 Å². The van der Waals surface area contributed by atoms with Crippen LogP contribution in [-0.2, 0) is 14.3 Å². The number of carbonyl (C=O) groups excluding carboxylic acids is 2. The van der Waals surface area contributed by atoms with Gasteiger partial charge in [0.1, 0.15) is 34.8 Å². The number of nitrogens with one attached hydrogen (secondary N) is 2. The highest BCUT2D eigenvalue weighted by Gasteiger charge is 2.60. The Kier molecular flexibility index (Phi) is 10.2. The van der Waals surface area contributed by atoms with Gasteiger partial charge in [-0.25, -0.2) is 14.6 Å². The van der Waals surface area contributed by atoms with E-state index >= 15 is 0 Å². The summed E-state index contributed by atoms with van der Waals surface area (Å²) >= 11 is 5.84. The van der Waals surface area contributed by atoms with Crippen molar-refractivity contribution < 1.29 is 33.7 Å². The number of carboxylic acid groups (broad SMARTS) is 1. The first kappa shape index (κ1) is 35.6. The molecule has 49 heavy (non-hydrogen) atoms. The fourth-order valence-corrected chi connectivity index (χ4v) is 6.56. The van der Waals surface area contributed by atoms with Gasteiger partial charge in [-0.2, -0.15) is 0 Å². The number of hydrogen-bond donors (Lipinski definition) is 3. The highest BCUT2D eigenvalue weighted by molar-refractivity contribution is 7.80. The highest BCUT2D eigenvalue weighted by Crippen LogP contribution is 2.45. The third-order valence-electron chi connectivity index (χ3n) is 8.82. The van der Waals surface area contributed by atoms with E-state index in [1.807, 2.05) is 68.4 Å². The average molecular weight is 689 g/mol. The van der Waals surface area contributed by atoms with Gasteiger partial charge in [-0.05, 0) is 45.2 Å². The second-order valence-electron chi connectivity index (χ2n) is 13.9. The van der Waals surface area contributed by atoms with Gasteiger partial charge in [0.15, 0.2) is 0 Å². The number of likely N-dealkylation sites (tertiary alicyclic amines) is 1. The first-order chi connectivity index (χ1) is 23.2. The van der Waals surface area contributed by atoms with Crippen LogP contribution in [-0.4, -0.2) is 80.9 Å². The summed E-state index contributed by atoms with van der Waals surface area (Å²) in [5.74, 6) is -0.819. The minimum atomic E-state index is -1.29. The monoisotopic (exact) mass is 688 g/mol. The summed E-state index contributed by atoms with van der Waals surface area (Å²) in [6, 6.07) is 15.5. The number of carbonyl (C=O) groups is 3. The Balaban J connectivity index is 1.49. The second-order valence-corrected chi connectivity index (χ2v) is 14.4. The van der Waals surface area contributed by atoms with E-state index < -0.39 is 41.4 Å². The molecule has 1 aliphatic heterocycles. The average Bonchev–Trinajstić information content (AvgIpc) is 3.61. The van der Waals surface area contributed by atoms with Crippen molar-refractivity contribution in [1.82, 2.24) is 20.5 Å². The standard InChI is InChI=1S/C37H44N4O7S/c1-8-23-19-37(23,34(43)44)40-32(49)29-17-25(20-41(29)33(42)31(21(2)3)39-35(45)48-36(4,5)6)47-30-18-27(22-12-10-9-11-13-22)38-28-16-24(46-7)14-15-26(28)30/h8-16,18,21,23,25,29,31H,1,17,19-20H2,2-7H3,(H,39,45)(H,40,49)(H,43,44)/t23?,25?,29-,31-,37+/m0/s1. The number of amides is 2. The SMILES string of the molecule is C=CC1C[C@]1(NC(=S)[C@@H]1CC(Oc2cc(-c3ccccc3)nc3cc(OC)ccc23)CN1C(=O)[C@@H](NC(=O)OC(C)(C)C)C(C)C)C(=O)O. The highest BCUT2D eigenvalue weighted by atomic mass is 32.1. The number of benzene rings is 2. The molecule has 3 N–H and O–H groups in total. The van der Waals surface area contributed by atoms with E-state index in [1.165, 1.54) is 0 Å². The minimum absolute atomic E-state index is 0.135. The topological polar surface area (TPSA) is 139 Å². The number of pyridine rings is 1. The lowest BCUT2D eigenvalue weighted by Gasteiger charge is -2.32. The number of ether oxygens (including phenoxy) is 3. The fraction of sp³-hybridized carbons (Fsp3) is 0.432. The molecule has 2 aromatic carbocycles. The maximum absolute atomic E-state index is 14.3. The van der Waals surface area contributed by atoms with Gasteiger partial charge in [0.05, 0.1) is 35.9 Å². The largest absolute Gasteiger partial charge is 0.497 e. The van der Waals surface area contributed by atoms with E-state index in [2.05, 4.69) is 17.2 Å². The lowest BCUT2D eigenvalue weighted by atomic mass is 10.0. The normalized spacial score (nSPS) is 22.3. The molecule has 1 aromatic heterocycles. The molecule has 0 radical (unpaired) electrons. The Morgan fingerprint density at radius 1 is 1.14 bits per heavy atom. The van der Waals surface area contributed by atoms with Crippen molar-refractivity contribution in [2.75, 3.05) is 13.7 Å². The Morgan fingerprint density at radius 3 is 2.45 bits per heavy atom. The number of nitrogens with zero attached hydrogens (tertiary/aromatic N) is 2. The van der Waals surface area contributed by atoms with Crippen LogP contribution in [0.3, 0.4) is 0 Å². The van der Waals surface area contributed by atoms with Crippen LogP contribution >= 0.6 is 12.2 Å². The fourth-order valence-electron chi connectivity index (χ4n) is 6.16. The molecule has 1 aliphatic carbocycles. The summed E-state index contributed by atoms with van der Waals surface area (Å²) in [4.78, 5) is 46.1. The van der Waals surface area contributed by atoms with Gasteiger partial charge in [0.2, 0.25) is 5.91 Å². The summed E-state index contributed by atoms with van der Waals surface area (Å²) in [7, 11) is 1.59. The number of aromatic nitrogens is 1. The van der Waals surface area contributed by atoms with E-state index in [-0.39, 0.29) is 35.7 Å².